The maximum absolute atomic E-state index is 12.9. The molecular formula is C26H21NO6S2. The van der Waals surface area contributed by atoms with Crippen molar-refractivity contribution >= 4 is 52.2 Å². The zero-order chi connectivity index (χ0) is 24.9. The minimum absolute atomic E-state index is 0.160. The summed E-state index contributed by atoms with van der Waals surface area (Å²) in [5.74, 6) is -0.216. The van der Waals surface area contributed by atoms with E-state index < -0.39 is 18.2 Å². The molecule has 0 bridgehead atoms. The predicted octanol–water partition coefficient (Wildman–Crippen LogP) is 5.41. The van der Waals surface area contributed by atoms with E-state index in [-0.39, 0.29) is 5.91 Å². The van der Waals surface area contributed by atoms with E-state index in [1.807, 2.05) is 30.3 Å². The first-order chi connectivity index (χ1) is 16.8. The molecule has 2 aromatic carbocycles. The van der Waals surface area contributed by atoms with Crippen LogP contribution in [0, 0.1) is 0 Å². The van der Waals surface area contributed by atoms with Gasteiger partial charge in [-0.15, -0.1) is 0 Å². The van der Waals surface area contributed by atoms with Crippen LogP contribution in [-0.4, -0.2) is 33.4 Å². The van der Waals surface area contributed by atoms with Crippen molar-refractivity contribution in [1.82, 2.24) is 4.90 Å². The monoisotopic (exact) mass is 507 g/mol. The molecule has 0 spiro atoms. The van der Waals surface area contributed by atoms with Gasteiger partial charge in [0.1, 0.15) is 15.8 Å². The zero-order valence-electron chi connectivity index (χ0n) is 18.9. The molecule has 0 saturated carbocycles. The van der Waals surface area contributed by atoms with Gasteiger partial charge in [0.05, 0.1) is 17.0 Å². The van der Waals surface area contributed by atoms with Crippen molar-refractivity contribution in [2.24, 2.45) is 0 Å². The lowest BCUT2D eigenvalue weighted by molar-refractivity contribution is -0.162. The SMILES string of the molecule is CC(=O)OC(C)OC(=O)c1ccc(-c2ccc(/C=C3/SC(=S)N(Cc4ccccc4)C3=O)o2)cc1. The Bertz CT molecular complexity index is 1300. The molecule has 0 N–H and O–H groups in total. The number of esters is 2. The first kappa shape index (κ1) is 24.4. The fraction of sp³-hybridized carbons (Fsp3) is 0.154. The van der Waals surface area contributed by atoms with Crippen molar-refractivity contribution in [2.75, 3.05) is 0 Å². The van der Waals surface area contributed by atoms with Gasteiger partial charge in [0.2, 0.25) is 6.29 Å². The number of rotatable bonds is 7. The van der Waals surface area contributed by atoms with Crippen molar-refractivity contribution in [3.8, 4) is 11.3 Å². The molecule has 1 atom stereocenters. The molecule has 1 amide bonds. The summed E-state index contributed by atoms with van der Waals surface area (Å²) in [7, 11) is 0. The standard InChI is InChI=1S/C26H21NO6S2/c1-16(28)31-17(2)32-25(30)20-10-8-19(9-11-20)22-13-12-21(33-22)14-23-24(29)27(26(34)35-23)15-18-6-4-3-5-7-18/h3-14,17H,15H2,1-2H3/b23-14+. The van der Waals surface area contributed by atoms with Gasteiger partial charge in [-0.05, 0) is 29.8 Å². The van der Waals surface area contributed by atoms with Crippen molar-refractivity contribution in [2.45, 2.75) is 26.7 Å². The molecule has 0 radical (unpaired) electrons. The van der Waals surface area contributed by atoms with Gasteiger partial charge in [-0.1, -0.05) is 66.4 Å². The maximum Gasteiger partial charge on any atom is 0.341 e. The Morgan fingerprint density at radius 3 is 2.46 bits per heavy atom. The Labute approximate surface area is 211 Å². The minimum Gasteiger partial charge on any atom is -0.457 e. The molecular weight excluding hydrogens is 486 g/mol. The Hall–Kier alpha value is -3.69. The molecule has 2 heterocycles. The zero-order valence-corrected chi connectivity index (χ0v) is 20.6. The Morgan fingerprint density at radius 1 is 1.06 bits per heavy atom. The van der Waals surface area contributed by atoms with E-state index in [1.165, 1.54) is 25.6 Å². The van der Waals surface area contributed by atoms with Gasteiger partial charge in [-0.2, -0.15) is 0 Å². The Morgan fingerprint density at radius 2 is 1.77 bits per heavy atom. The van der Waals surface area contributed by atoms with Crippen LogP contribution in [-0.2, 0) is 25.6 Å². The summed E-state index contributed by atoms with van der Waals surface area (Å²) in [5, 5.41) is 0. The first-order valence-corrected chi connectivity index (χ1v) is 11.9. The number of thioether (sulfide) groups is 1. The van der Waals surface area contributed by atoms with E-state index in [0.29, 0.717) is 32.9 Å². The second-order valence-corrected chi connectivity index (χ2v) is 9.29. The smallest absolute Gasteiger partial charge is 0.341 e. The van der Waals surface area contributed by atoms with Gasteiger partial charge in [-0.25, -0.2) is 4.79 Å². The number of ether oxygens (including phenoxy) is 2. The summed E-state index contributed by atoms with van der Waals surface area (Å²) in [4.78, 5) is 38.1. The van der Waals surface area contributed by atoms with Crippen LogP contribution in [0.1, 0.15) is 35.5 Å². The third-order valence-electron chi connectivity index (χ3n) is 4.97. The van der Waals surface area contributed by atoms with Gasteiger partial charge < -0.3 is 13.9 Å². The largest absolute Gasteiger partial charge is 0.457 e. The normalized spacial score (nSPS) is 15.4. The van der Waals surface area contributed by atoms with Gasteiger partial charge in [0.25, 0.3) is 5.91 Å². The Kier molecular flexibility index (Phi) is 7.48. The molecule has 1 aliphatic heterocycles. The number of amides is 1. The van der Waals surface area contributed by atoms with Gasteiger partial charge >= 0.3 is 11.9 Å². The van der Waals surface area contributed by atoms with Crippen LogP contribution in [0.4, 0.5) is 0 Å². The van der Waals surface area contributed by atoms with E-state index in [4.69, 9.17) is 26.1 Å². The molecule has 9 heteroatoms. The fourth-order valence-corrected chi connectivity index (χ4v) is 4.60. The quantitative estimate of drug-likeness (QED) is 0.182. The number of hydrogen-bond donors (Lipinski definition) is 0. The van der Waals surface area contributed by atoms with Gasteiger partial charge in [0.15, 0.2) is 0 Å². The summed E-state index contributed by atoms with van der Waals surface area (Å²) in [6.07, 6.45) is 0.698. The number of thiocarbonyl (C=S) groups is 1. The van der Waals surface area contributed by atoms with Gasteiger partial charge in [0, 0.05) is 25.5 Å². The molecule has 3 aromatic rings. The highest BCUT2D eigenvalue weighted by molar-refractivity contribution is 8.26. The third kappa shape index (κ3) is 6.06. The highest BCUT2D eigenvalue weighted by atomic mass is 32.2. The summed E-state index contributed by atoms with van der Waals surface area (Å²) < 4.78 is 16.3. The lowest BCUT2D eigenvalue weighted by atomic mass is 10.1. The molecule has 35 heavy (non-hydrogen) atoms. The average molecular weight is 508 g/mol. The molecule has 4 rings (SSSR count). The lowest BCUT2D eigenvalue weighted by Crippen LogP contribution is -2.27. The fourth-order valence-electron chi connectivity index (χ4n) is 3.36. The van der Waals surface area contributed by atoms with E-state index >= 15 is 0 Å². The lowest BCUT2D eigenvalue weighted by Gasteiger charge is -2.14. The van der Waals surface area contributed by atoms with Crippen molar-refractivity contribution < 1.29 is 28.3 Å². The number of carbonyl (C=O) groups is 3. The highest BCUT2D eigenvalue weighted by Crippen LogP contribution is 2.34. The number of benzene rings is 2. The molecule has 7 nitrogen and oxygen atoms in total. The second-order valence-electron chi connectivity index (χ2n) is 7.62. The Balaban J connectivity index is 1.43. The van der Waals surface area contributed by atoms with Gasteiger partial charge in [-0.3, -0.25) is 14.5 Å². The number of furan rings is 1. The van der Waals surface area contributed by atoms with Crippen LogP contribution in [0.3, 0.4) is 0 Å². The third-order valence-corrected chi connectivity index (χ3v) is 6.35. The molecule has 1 fully saturated rings. The van der Waals surface area contributed by atoms with Crippen LogP contribution in [0.2, 0.25) is 0 Å². The van der Waals surface area contributed by atoms with Crippen LogP contribution >= 0.6 is 24.0 Å². The molecule has 0 aliphatic carbocycles. The summed E-state index contributed by atoms with van der Waals surface area (Å²) in [5.41, 5.74) is 2.05. The number of carbonyl (C=O) groups excluding carboxylic acids is 3. The van der Waals surface area contributed by atoms with Crippen LogP contribution < -0.4 is 0 Å². The van der Waals surface area contributed by atoms with E-state index in [0.717, 1.165) is 11.1 Å². The maximum atomic E-state index is 12.9. The molecule has 178 valence electrons. The summed E-state index contributed by atoms with van der Waals surface area (Å²) >= 11 is 6.65. The van der Waals surface area contributed by atoms with Crippen molar-refractivity contribution in [3.05, 3.63) is 88.5 Å². The predicted molar refractivity (Wildman–Crippen MR) is 136 cm³/mol. The second kappa shape index (κ2) is 10.7. The van der Waals surface area contributed by atoms with Crippen LogP contribution in [0.15, 0.2) is 76.1 Å². The molecule has 1 aromatic heterocycles. The van der Waals surface area contributed by atoms with E-state index in [2.05, 4.69) is 0 Å². The van der Waals surface area contributed by atoms with E-state index in [1.54, 1.807) is 47.4 Å². The first-order valence-electron chi connectivity index (χ1n) is 10.7. The topological polar surface area (TPSA) is 86.0 Å². The number of hydrogen-bond acceptors (Lipinski definition) is 8. The number of nitrogens with zero attached hydrogens (tertiary/aromatic N) is 1. The van der Waals surface area contributed by atoms with Crippen molar-refractivity contribution in [3.63, 3.8) is 0 Å². The van der Waals surface area contributed by atoms with E-state index in [9.17, 15) is 14.4 Å². The average Bonchev–Trinajstić information content (AvgIpc) is 3.39. The highest BCUT2D eigenvalue weighted by Gasteiger charge is 2.32. The summed E-state index contributed by atoms with van der Waals surface area (Å²) in [6, 6.07) is 19.8. The minimum atomic E-state index is -0.979. The van der Waals surface area contributed by atoms with Crippen molar-refractivity contribution in [1.29, 1.82) is 0 Å². The van der Waals surface area contributed by atoms with Crippen LogP contribution in [0.5, 0.6) is 0 Å². The molecule has 1 saturated heterocycles. The molecule has 1 unspecified atom stereocenters. The summed E-state index contributed by atoms with van der Waals surface area (Å²) in [6.45, 7) is 3.12. The van der Waals surface area contributed by atoms with Crippen LogP contribution in [0.25, 0.3) is 17.4 Å². The molecule has 1 aliphatic rings.